The average molecular weight is 405 g/mol. The van der Waals surface area contributed by atoms with Crippen LogP contribution in [0.5, 0.6) is 0 Å². The van der Waals surface area contributed by atoms with Crippen molar-refractivity contribution < 1.29 is 13.3 Å². The second kappa shape index (κ2) is 7.20. The van der Waals surface area contributed by atoms with Crippen LogP contribution in [0.15, 0.2) is 39.5 Å². The van der Waals surface area contributed by atoms with Gasteiger partial charge in [0.1, 0.15) is 16.9 Å². The van der Waals surface area contributed by atoms with Gasteiger partial charge in [0.25, 0.3) is 5.89 Å². The number of hydrogen-bond acceptors (Lipinski definition) is 7. The van der Waals surface area contributed by atoms with Crippen molar-refractivity contribution in [2.24, 2.45) is 0 Å². The molecule has 6 nitrogen and oxygen atoms in total. The van der Waals surface area contributed by atoms with Gasteiger partial charge in [-0.15, -0.1) is 10.2 Å². The van der Waals surface area contributed by atoms with Crippen LogP contribution in [0.4, 0.5) is 8.78 Å². The Morgan fingerprint density at radius 2 is 2.11 bits per heavy atom. The highest BCUT2D eigenvalue weighted by atomic mass is 32.1. The number of halogens is 2. The largest absolute Gasteiger partial charge is 0.334 e. The van der Waals surface area contributed by atoms with E-state index in [2.05, 4.69) is 33.0 Å². The molecule has 10 heteroatoms. The predicted molar refractivity (Wildman–Crippen MR) is 99.5 cm³/mol. The number of nitrogens with zero attached hydrogens (tertiary/aromatic N) is 5. The molecule has 27 heavy (non-hydrogen) atoms. The molecule has 0 saturated carbocycles. The fourth-order valence-electron chi connectivity index (χ4n) is 2.67. The summed E-state index contributed by atoms with van der Waals surface area (Å²) in [6.07, 6.45) is 0. The third kappa shape index (κ3) is 3.26. The fourth-order valence-corrected chi connectivity index (χ4v) is 3.60. The molecule has 3 heterocycles. The average Bonchev–Trinajstić information content (AvgIpc) is 3.42. The van der Waals surface area contributed by atoms with Crippen molar-refractivity contribution in [3.05, 3.63) is 58.3 Å². The Hall–Kier alpha value is -2.59. The van der Waals surface area contributed by atoms with Crippen molar-refractivity contribution in [2.45, 2.75) is 18.7 Å². The molecule has 0 fully saturated rings. The zero-order valence-electron chi connectivity index (χ0n) is 14.0. The maximum Gasteiger partial charge on any atom is 0.261 e. The number of thiol groups is 1. The van der Waals surface area contributed by atoms with Gasteiger partial charge in [-0.1, -0.05) is 5.16 Å². The molecule has 3 aromatic heterocycles. The predicted octanol–water partition coefficient (Wildman–Crippen LogP) is 4.37. The molecule has 4 aromatic rings. The molecular formula is C17H13F2N5OS2. The van der Waals surface area contributed by atoms with Crippen molar-refractivity contribution in [3.8, 4) is 22.8 Å². The van der Waals surface area contributed by atoms with Gasteiger partial charge in [-0.05, 0) is 36.6 Å². The van der Waals surface area contributed by atoms with Gasteiger partial charge in [0, 0.05) is 17.5 Å². The van der Waals surface area contributed by atoms with E-state index in [1.165, 1.54) is 0 Å². The molecule has 0 amide bonds. The summed E-state index contributed by atoms with van der Waals surface area (Å²) in [4.78, 5) is 4.17. The standard InChI is InChI=1S/C17H13F2N5OS2/c1-2-24-15(9-5-6-27-8-9)21-22-16(24)13(26)14-20-17(25-23-14)11-7-10(18)3-4-12(11)19/h3-8,13,26H,2H2,1H3. The van der Waals surface area contributed by atoms with Gasteiger partial charge in [0.15, 0.2) is 17.5 Å². The Balaban J connectivity index is 1.69. The molecule has 0 radical (unpaired) electrons. The van der Waals surface area contributed by atoms with Crippen molar-refractivity contribution in [3.63, 3.8) is 0 Å². The van der Waals surface area contributed by atoms with E-state index < -0.39 is 16.9 Å². The highest BCUT2D eigenvalue weighted by molar-refractivity contribution is 7.80. The van der Waals surface area contributed by atoms with Crippen LogP contribution in [-0.4, -0.2) is 24.9 Å². The van der Waals surface area contributed by atoms with E-state index in [4.69, 9.17) is 4.52 Å². The van der Waals surface area contributed by atoms with Crippen LogP contribution in [0, 0.1) is 11.6 Å². The zero-order valence-corrected chi connectivity index (χ0v) is 15.7. The van der Waals surface area contributed by atoms with Crippen molar-refractivity contribution >= 4 is 24.0 Å². The summed E-state index contributed by atoms with van der Waals surface area (Å²) in [6, 6.07) is 4.99. The molecule has 0 spiro atoms. The molecule has 138 valence electrons. The Morgan fingerprint density at radius 3 is 2.85 bits per heavy atom. The van der Waals surface area contributed by atoms with Gasteiger partial charge in [0.05, 0.1) is 5.56 Å². The lowest BCUT2D eigenvalue weighted by Crippen LogP contribution is -2.08. The van der Waals surface area contributed by atoms with E-state index >= 15 is 0 Å². The number of benzene rings is 1. The van der Waals surface area contributed by atoms with E-state index in [1.807, 2.05) is 28.3 Å². The van der Waals surface area contributed by atoms with E-state index in [-0.39, 0.29) is 17.3 Å². The molecule has 0 saturated heterocycles. The topological polar surface area (TPSA) is 69.6 Å². The van der Waals surface area contributed by atoms with Crippen molar-refractivity contribution in [1.29, 1.82) is 0 Å². The molecule has 0 aliphatic rings. The van der Waals surface area contributed by atoms with Crippen LogP contribution in [0.3, 0.4) is 0 Å². The molecule has 1 atom stereocenters. The maximum atomic E-state index is 13.9. The van der Waals surface area contributed by atoms with Crippen LogP contribution in [0.25, 0.3) is 22.8 Å². The Kier molecular flexibility index (Phi) is 4.75. The molecule has 1 aromatic carbocycles. The van der Waals surface area contributed by atoms with Gasteiger partial charge < -0.3 is 9.09 Å². The number of hydrogen-bond donors (Lipinski definition) is 1. The summed E-state index contributed by atoms with van der Waals surface area (Å²) < 4.78 is 34.3. The maximum absolute atomic E-state index is 13.9. The highest BCUT2D eigenvalue weighted by Gasteiger charge is 2.25. The van der Waals surface area contributed by atoms with E-state index in [0.29, 0.717) is 18.2 Å². The molecular weight excluding hydrogens is 392 g/mol. The monoisotopic (exact) mass is 405 g/mol. The van der Waals surface area contributed by atoms with Crippen molar-refractivity contribution in [1.82, 2.24) is 24.9 Å². The molecule has 0 aliphatic heterocycles. The number of thiophene rings is 1. The smallest absolute Gasteiger partial charge is 0.261 e. The molecule has 4 rings (SSSR count). The van der Waals surface area contributed by atoms with Gasteiger partial charge in [-0.25, -0.2) is 8.78 Å². The quantitative estimate of drug-likeness (QED) is 0.499. The first-order chi connectivity index (χ1) is 13.1. The zero-order chi connectivity index (χ0) is 19.0. The van der Waals surface area contributed by atoms with Crippen LogP contribution in [0.1, 0.15) is 23.8 Å². The summed E-state index contributed by atoms with van der Waals surface area (Å²) in [6.45, 7) is 2.58. The SMILES string of the molecule is CCn1c(-c2ccsc2)nnc1C(S)c1noc(-c2cc(F)ccc2F)n1. The van der Waals surface area contributed by atoms with Crippen LogP contribution >= 0.6 is 24.0 Å². The second-order valence-electron chi connectivity index (χ2n) is 5.62. The summed E-state index contributed by atoms with van der Waals surface area (Å²) >= 11 is 6.11. The van der Waals surface area contributed by atoms with Crippen molar-refractivity contribution in [2.75, 3.05) is 0 Å². The Bertz CT molecular complexity index is 1080. The second-order valence-corrected chi connectivity index (χ2v) is 6.92. The molecule has 0 N–H and O–H groups in total. The Labute approximate surface area is 162 Å². The first kappa shape index (κ1) is 17.8. The summed E-state index contributed by atoms with van der Waals surface area (Å²) in [7, 11) is 0. The lowest BCUT2D eigenvalue weighted by atomic mass is 10.2. The summed E-state index contributed by atoms with van der Waals surface area (Å²) in [5.41, 5.74) is 0.849. The van der Waals surface area contributed by atoms with Gasteiger partial charge in [-0.2, -0.15) is 28.9 Å². The number of rotatable bonds is 5. The van der Waals surface area contributed by atoms with E-state index in [9.17, 15) is 8.78 Å². The fraction of sp³-hybridized carbons (Fsp3) is 0.176. The first-order valence-corrected chi connectivity index (χ1v) is 9.47. The van der Waals surface area contributed by atoms with Crippen LogP contribution in [0.2, 0.25) is 0 Å². The first-order valence-electron chi connectivity index (χ1n) is 8.01. The van der Waals surface area contributed by atoms with Gasteiger partial charge >= 0.3 is 0 Å². The number of aromatic nitrogens is 5. The lowest BCUT2D eigenvalue weighted by Gasteiger charge is -2.09. The third-order valence-corrected chi connectivity index (χ3v) is 5.11. The lowest BCUT2D eigenvalue weighted by molar-refractivity contribution is 0.420. The highest BCUT2D eigenvalue weighted by Crippen LogP contribution is 2.31. The third-order valence-electron chi connectivity index (χ3n) is 3.96. The normalized spacial score (nSPS) is 12.4. The van der Waals surface area contributed by atoms with E-state index in [1.54, 1.807) is 11.3 Å². The summed E-state index contributed by atoms with van der Waals surface area (Å²) in [5, 5.41) is 15.6. The van der Waals surface area contributed by atoms with Gasteiger partial charge in [-0.3, -0.25) is 0 Å². The van der Waals surface area contributed by atoms with Crippen LogP contribution < -0.4 is 0 Å². The summed E-state index contributed by atoms with van der Waals surface area (Å²) in [5.74, 6) is 0.0675. The molecule has 0 bridgehead atoms. The minimum atomic E-state index is -0.654. The molecule has 1 unspecified atom stereocenters. The van der Waals surface area contributed by atoms with E-state index in [0.717, 1.165) is 23.8 Å². The molecule has 0 aliphatic carbocycles. The minimum absolute atomic E-state index is 0.106. The minimum Gasteiger partial charge on any atom is -0.334 e. The van der Waals surface area contributed by atoms with Crippen LogP contribution in [-0.2, 0) is 6.54 Å². The van der Waals surface area contributed by atoms with Gasteiger partial charge in [0.2, 0.25) is 0 Å². The Morgan fingerprint density at radius 1 is 1.26 bits per heavy atom.